The number of anilines is 1. The monoisotopic (exact) mass is 285 g/mol. The van der Waals surface area contributed by atoms with Crippen LogP contribution in [-0.2, 0) is 10.0 Å². The number of ether oxygens (including phenoxy) is 1. The molecule has 1 aromatic carbocycles. The molecular formula is C12H19N3O3S. The van der Waals surface area contributed by atoms with Gasteiger partial charge in [-0.25, -0.2) is 13.6 Å². The Balaban J connectivity index is 2.17. The number of hydrogen-bond donors (Lipinski definition) is 2. The summed E-state index contributed by atoms with van der Waals surface area (Å²) < 4.78 is 28.6. The number of nitrogens with two attached hydrogens (primary N) is 2. The van der Waals surface area contributed by atoms with Crippen molar-refractivity contribution in [2.75, 3.05) is 25.9 Å². The molecule has 0 aliphatic carbocycles. The number of piperidine rings is 1. The van der Waals surface area contributed by atoms with Gasteiger partial charge in [-0.05, 0) is 32.0 Å². The maximum Gasteiger partial charge on any atom is 0.240 e. The van der Waals surface area contributed by atoms with E-state index in [2.05, 4.69) is 11.9 Å². The van der Waals surface area contributed by atoms with Gasteiger partial charge in [0, 0.05) is 13.1 Å². The van der Waals surface area contributed by atoms with Crippen LogP contribution in [0.1, 0.15) is 12.8 Å². The second-order valence-corrected chi connectivity index (χ2v) is 6.36. The molecule has 106 valence electrons. The fraction of sp³-hybridized carbons (Fsp3) is 0.500. The topological polar surface area (TPSA) is 98.6 Å². The lowest BCUT2D eigenvalue weighted by Crippen LogP contribution is -2.35. The first-order chi connectivity index (χ1) is 8.88. The zero-order chi connectivity index (χ0) is 14.0. The summed E-state index contributed by atoms with van der Waals surface area (Å²) in [6.45, 7) is 1.92. The zero-order valence-electron chi connectivity index (χ0n) is 10.9. The highest BCUT2D eigenvalue weighted by atomic mass is 32.2. The third-order valence-corrected chi connectivity index (χ3v) is 4.26. The van der Waals surface area contributed by atoms with E-state index in [-0.39, 0.29) is 16.7 Å². The molecule has 0 amide bonds. The van der Waals surface area contributed by atoms with Crippen LogP contribution < -0.4 is 15.6 Å². The summed E-state index contributed by atoms with van der Waals surface area (Å²) in [5, 5.41) is 5.11. The van der Waals surface area contributed by atoms with E-state index in [4.69, 9.17) is 15.6 Å². The van der Waals surface area contributed by atoms with E-state index in [0.717, 1.165) is 25.9 Å². The van der Waals surface area contributed by atoms with Crippen molar-refractivity contribution in [3.05, 3.63) is 18.2 Å². The van der Waals surface area contributed by atoms with Crippen LogP contribution in [0.3, 0.4) is 0 Å². The fourth-order valence-corrected chi connectivity index (χ4v) is 2.83. The third-order valence-electron chi connectivity index (χ3n) is 3.29. The van der Waals surface area contributed by atoms with Crippen LogP contribution in [0.25, 0.3) is 0 Å². The van der Waals surface area contributed by atoms with Crippen LogP contribution in [0.5, 0.6) is 5.75 Å². The first-order valence-corrected chi connectivity index (χ1v) is 7.69. The summed E-state index contributed by atoms with van der Waals surface area (Å²) in [6.07, 6.45) is 1.86. The molecule has 19 heavy (non-hydrogen) atoms. The molecule has 1 aromatic rings. The fourth-order valence-electron chi connectivity index (χ4n) is 2.16. The highest BCUT2D eigenvalue weighted by Crippen LogP contribution is 2.30. The van der Waals surface area contributed by atoms with Gasteiger partial charge in [-0.15, -0.1) is 0 Å². The number of rotatable bonds is 3. The Kier molecular flexibility index (Phi) is 3.98. The number of benzene rings is 1. The average Bonchev–Trinajstić information content (AvgIpc) is 2.33. The number of nitrogens with zero attached hydrogens (tertiary/aromatic N) is 1. The van der Waals surface area contributed by atoms with Gasteiger partial charge in [0.15, 0.2) is 0 Å². The van der Waals surface area contributed by atoms with Crippen molar-refractivity contribution in [1.29, 1.82) is 0 Å². The molecule has 1 aliphatic heterocycles. The van der Waals surface area contributed by atoms with Crippen molar-refractivity contribution < 1.29 is 13.2 Å². The largest absolute Gasteiger partial charge is 0.488 e. The summed E-state index contributed by atoms with van der Waals surface area (Å²) in [7, 11) is -1.76. The smallest absolute Gasteiger partial charge is 0.240 e. The molecule has 1 aliphatic rings. The van der Waals surface area contributed by atoms with Gasteiger partial charge in [-0.2, -0.15) is 0 Å². The third kappa shape index (κ3) is 3.37. The van der Waals surface area contributed by atoms with Crippen LogP contribution in [0, 0.1) is 0 Å². The van der Waals surface area contributed by atoms with Gasteiger partial charge in [-0.1, -0.05) is 6.07 Å². The molecule has 0 aromatic heterocycles. The Hall–Kier alpha value is -1.31. The highest BCUT2D eigenvalue weighted by Gasteiger charge is 2.21. The highest BCUT2D eigenvalue weighted by molar-refractivity contribution is 7.89. The molecule has 1 saturated heterocycles. The van der Waals surface area contributed by atoms with E-state index < -0.39 is 10.0 Å². The minimum atomic E-state index is -3.82. The first kappa shape index (κ1) is 14.1. The average molecular weight is 285 g/mol. The molecule has 1 heterocycles. The van der Waals surface area contributed by atoms with Crippen molar-refractivity contribution in [3.63, 3.8) is 0 Å². The van der Waals surface area contributed by atoms with Gasteiger partial charge >= 0.3 is 0 Å². The maximum atomic E-state index is 11.4. The number of primary sulfonamides is 1. The zero-order valence-corrected chi connectivity index (χ0v) is 11.7. The first-order valence-electron chi connectivity index (χ1n) is 6.14. The summed E-state index contributed by atoms with van der Waals surface area (Å²) in [4.78, 5) is 2.14. The van der Waals surface area contributed by atoms with Crippen LogP contribution in [0.15, 0.2) is 23.1 Å². The summed E-state index contributed by atoms with van der Waals surface area (Å²) in [6, 6.07) is 4.63. The van der Waals surface area contributed by atoms with E-state index >= 15 is 0 Å². The second kappa shape index (κ2) is 5.36. The SMILES string of the molecule is CN1CCC(Oc2cccc(S(N)(=O)=O)c2N)CC1. The molecule has 6 nitrogen and oxygen atoms in total. The van der Waals surface area contributed by atoms with E-state index in [1.807, 2.05) is 0 Å². The Labute approximate surface area is 113 Å². The van der Waals surface area contributed by atoms with Gasteiger partial charge in [0.2, 0.25) is 10.0 Å². The molecule has 1 fully saturated rings. The molecule has 0 unspecified atom stereocenters. The molecule has 7 heteroatoms. The molecular weight excluding hydrogens is 266 g/mol. The molecule has 2 rings (SSSR count). The molecule has 0 atom stereocenters. The van der Waals surface area contributed by atoms with E-state index in [1.54, 1.807) is 12.1 Å². The quantitative estimate of drug-likeness (QED) is 0.783. The number of nitrogen functional groups attached to an aromatic ring is 1. The lowest BCUT2D eigenvalue weighted by atomic mass is 10.1. The van der Waals surface area contributed by atoms with Crippen molar-refractivity contribution in [1.82, 2.24) is 4.90 Å². The summed E-state index contributed by atoms with van der Waals surface area (Å²) >= 11 is 0. The predicted octanol–water partition coefficient (Wildman–Crippen LogP) is 0.389. The predicted molar refractivity (Wildman–Crippen MR) is 73.4 cm³/mol. The van der Waals surface area contributed by atoms with Crippen molar-refractivity contribution in [2.45, 2.75) is 23.8 Å². The number of para-hydroxylation sites is 1. The van der Waals surface area contributed by atoms with Crippen molar-refractivity contribution in [2.24, 2.45) is 5.14 Å². The number of hydrogen-bond acceptors (Lipinski definition) is 5. The summed E-state index contributed by atoms with van der Waals surface area (Å²) in [5.41, 5.74) is 5.91. The van der Waals surface area contributed by atoms with Crippen LogP contribution in [0.4, 0.5) is 5.69 Å². The van der Waals surface area contributed by atoms with Crippen molar-refractivity contribution >= 4 is 15.7 Å². The normalized spacial score (nSPS) is 18.4. The Morgan fingerprint density at radius 3 is 2.53 bits per heavy atom. The Morgan fingerprint density at radius 1 is 1.32 bits per heavy atom. The van der Waals surface area contributed by atoms with Crippen LogP contribution in [0.2, 0.25) is 0 Å². The minimum Gasteiger partial charge on any atom is -0.488 e. The maximum absolute atomic E-state index is 11.4. The molecule has 4 N–H and O–H groups in total. The van der Waals surface area contributed by atoms with Gasteiger partial charge in [-0.3, -0.25) is 0 Å². The minimum absolute atomic E-state index is 0.0641. The van der Waals surface area contributed by atoms with Gasteiger partial charge in [0.1, 0.15) is 16.7 Å². The van der Waals surface area contributed by atoms with Gasteiger partial charge < -0.3 is 15.4 Å². The Bertz CT molecular complexity index is 551. The van der Waals surface area contributed by atoms with E-state index in [0.29, 0.717) is 5.75 Å². The van der Waals surface area contributed by atoms with Gasteiger partial charge in [0.25, 0.3) is 0 Å². The summed E-state index contributed by atoms with van der Waals surface area (Å²) in [5.74, 6) is 0.390. The lowest BCUT2D eigenvalue weighted by Gasteiger charge is -2.29. The van der Waals surface area contributed by atoms with Crippen LogP contribution in [-0.4, -0.2) is 39.6 Å². The van der Waals surface area contributed by atoms with E-state index in [1.165, 1.54) is 6.07 Å². The Morgan fingerprint density at radius 2 is 1.95 bits per heavy atom. The van der Waals surface area contributed by atoms with Gasteiger partial charge in [0.05, 0.1) is 5.69 Å². The number of likely N-dealkylation sites (tertiary alicyclic amines) is 1. The molecule has 0 saturated carbocycles. The molecule has 0 bridgehead atoms. The molecule has 0 radical (unpaired) electrons. The van der Waals surface area contributed by atoms with Crippen LogP contribution >= 0.6 is 0 Å². The van der Waals surface area contributed by atoms with E-state index in [9.17, 15) is 8.42 Å². The number of sulfonamides is 1. The molecule has 0 spiro atoms. The van der Waals surface area contributed by atoms with Crippen molar-refractivity contribution in [3.8, 4) is 5.75 Å². The standard InChI is InChI=1S/C12H19N3O3S/c1-15-7-5-9(6-8-15)18-10-3-2-4-11(12(10)13)19(14,16)17/h2-4,9H,5-8,13H2,1H3,(H2,14,16,17). The lowest BCUT2D eigenvalue weighted by molar-refractivity contribution is 0.115. The second-order valence-electron chi connectivity index (χ2n) is 4.83.